The van der Waals surface area contributed by atoms with E-state index >= 15 is 0 Å². The number of halogens is 2. The molecule has 100 valence electrons. The second-order valence-electron chi connectivity index (χ2n) is 4.64. The predicted octanol–water partition coefficient (Wildman–Crippen LogP) is 3.49. The number of hydrogen-bond acceptors (Lipinski definition) is 2. The van der Waals surface area contributed by atoms with Crippen LogP contribution in [0.15, 0.2) is 36.4 Å². The van der Waals surface area contributed by atoms with Gasteiger partial charge >= 0.3 is 0 Å². The normalized spacial score (nSPS) is 10.5. The van der Waals surface area contributed by atoms with E-state index in [0.29, 0.717) is 6.54 Å². The minimum Gasteiger partial charge on any atom is -0.397 e. The van der Waals surface area contributed by atoms with Crippen molar-refractivity contribution in [1.82, 2.24) is 0 Å². The van der Waals surface area contributed by atoms with Gasteiger partial charge in [-0.3, -0.25) is 0 Å². The highest BCUT2D eigenvalue weighted by molar-refractivity contribution is 5.68. The Balaban J connectivity index is 2.30. The highest BCUT2D eigenvalue weighted by Crippen LogP contribution is 2.28. The third kappa shape index (κ3) is 2.84. The van der Waals surface area contributed by atoms with E-state index in [9.17, 15) is 8.78 Å². The fourth-order valence-corrected chi connectivity index (χ4v) is 2.11. The summed E-state index contributed by atoms with van der Waals surface area (Å²) in [7, 11) is 1.69. The van der Waals surface area contributed by atoms with Crippen molar-refractivity contribution in [1.29, 1.82) is 0 Å². The quantitative estimate of drug-likeness (QED) is 0.858. The van der Waals surface area contributed by atoms with Gasteiger partial charge in [0.1, 0.15) is 0 Å². The molecule has 0 aliphatic carbocycles. The number of nitrogen functional groups attached to an aromatic ring is 1. The zero-order chi connectivity index (χ0) is 14.0. The molecule has 0 aliphatic heterocycles. The van der Waals surface area contributed by atoms with E-state index in [0.717, 1.165) is 17.2 Å². The monoisotopic (exact) mass is 262 g/mol. The van der Waals surface area contributed by atoms with Gasteiger partial charge in [0.25, 0.3) is 0 Å². The van der Waals surface area contributed by atoms with Crippen LogP contribution in [-0.4, -0.2) is 7.05 Å². The van der Waals surface area contributed by atoms with Crippen LogP contribution in [0.5, 0.6) is 0 Å². The summed E-state index contributed by atoms with van der Waals surface area (Å²) in [6.07, 6.45) is 0. The van der Waals surface area contributed by atoms with Crippen LogP contribution in [0, 0.1) is 18.6 Å². The molecule has 2 aromatic carbocycles. The maximum absolute atomic E-state index is 13.8. The Labute approximate surface area is 111 Å². The van der Waals surface area contributed by atoms with Crippen LogP contribution >= 0.6 is 0 Å². The van der Waals surface area contributed by atoms with Crippen molar-refractivity contribution in [3.63, 3.8) is 0 Å². The van der Waals surface area contributed by atoms with Crippen LogP contribution in [-0.2, 0) is 6.54 Å². The lowest BCUT2D eigenvalue weighted by molar-refractivity contribution is 0.508. The Hall–Kier alpha value is -2.10. The molecule has 2 N–H and O–H groups in total. The molecule has 0 heterocycles. The number of nitrogens with two attached hydrogens (primary N) is 1. The first kappa shape index (κ1) is 13.3. The van der Waals surface area contributed by atoms with Gasteiger partial charge in [0.15, 0.2) is 11.6 Å². The summed E-state index contributed by atoms with van der Waals surface area (Å²) in [5.74, 6) is -1.80. The third-order valence-corrected chi connectivity index (χ3v) is 2.98. The molecule has 0 unspecified atom stereocenters. The molecule has 0 atom stereocenters. The van der Waals surface area contributed by atoms with Gasteiger partial charge in [-0.2, -0.15) is 0 Å². The fourth-order valence-electron chi connectivity index (χ4n) is 2.11. The van der Waals surface area contributed by atoms with Crippen molar-refractivity contribution in [3.8, 4) is 0 Å². The van der Waals surface area contributed by atoms with E-state index < -0.39 is 11.6 Å². The zero-order valence-corrected chi connectivity index (χ0v) is 11.0. The van der Waals surface area contributed by atoms with Gasteiger partial charge in [-0.05, 0) is 24.6 Å². The zero-order valence-electron chi connectivity index (χ0n) is 11.0. The standard InChI is InChI=1S/C15H16F2N2/c1-10-4-3-5-11(8-10)9-19(2)15-13(18)7-6-12(16)14(15)17/h3-8H,9,18H2,1-2H3. The average Bonchev–Trinajstić information content (AvgIpc) is 2.34. The van der Waals surface area contributed by atoms with E-state index in [1.807, 2.05) is 31.2 Å². The number of nitrogens with zero attached hydrogens (tertiary/aromatic N) is 1. The summed E-state index contributed by atoms with van der Waals surface area (Å²) in [5, 5.41) is 0. The van der Waals surface area contributed by atoms with Gasteiger partial charge in [0, 0.05) is 13.6 Å². The topological polar surface area (TPSA) is 29.3 Å². The third-order valence-electron chi connectivity index (χ3n) is 2.98. The maximum atomic E-state index is 13.8. The SMILES string of the molecule is Cc1cccc(CN(C)c2c(N)ccc(F)c2F)c1. The highest BCUT2D eigenvalue weighted by atomic mass is 19.2. The van der Waals surface area contributed by atoms with Crippen LogP contribution in [0.25, 0.3) is 0 Å². The summed E-state index contributed by atoms with van der Waals surface area (Å²) < 4.78 is 27.1. The molecule has 0 aliphatic rings. The number of aryl methyl sites for hydroxylation is 1. The first-order valence-corrected chi connectivity index (χ1v) is 5.99. The molecule has 0 fully saturated rings. The van der Waals surface area contributed by atoms with E-state index in [-0.39, 0.29) is 11.4 Å². The summed E-state index contributed by atoms with van der Waals surface area (Å²) in [6.45, 7) is 2.45. The van der Waals surface area contributed by atoms with E-state index in [2.05, 4.69) is 0 Å². The Morgan fingerprint density at radius 1 is 1.16 bits per heavy atom. The minimum atomic E-state index is -0.907. The van der Waals surface area contributed by atoms with Crippen molar-refractivity contribution in [2.45, 2.75) is 13.5 Å². The first-order valence-electron chi connectivity index (χ1n) is 5.99. The molecule has 0 spiro atoms. The molecule has 0 saturated heterocycles. The summed E-state index contributed by atoms with van der Waals surface area (Å²) in [5.41, 5.74) is 8.20. The largest absolute Gasteiger partial charge is 0.397 e. The molecule has 2 aromatic rings. The number of rotatable bonds is 3. The first-order chi connectivity index (χ1) is 8.99. The molecule has 0 amide bonds. The van der Waals surface area contributed by atoms with Gasteiger partial charge in [0.05, 0.1) is 11.4 Å². The van der Waals surface area contributed by atoms with Crippen molar-refractivity contribution in [2.24, 2.45) is 0 Å². The fraction of sp³-hybridized carbons (Fsp3) is 0.200. The minimum absolute atomic E-state index is 0.0986. The summed E-state index contributed by atoms with van der Waals surface area (Å²) >= 11 is 0. The summed E-state index contributed by atoms with van der Waals surface area (Å²) in [6, 6.07) is 10.3. The average molecular weight is 262 g/mol. The van der Waals surface area contributed by atoms with Gasteiger partial charge in [-0.1, -0.05) is 29.8 Å². The lowest BCUT2D eigenvalue weighted by Gasteiger charge is -2.22. The molecule has 19 heavy (non-hydrogen) atoms. The lowest BCUT2D eigenvalue weighted by Crippen LogP contribution is -2.20. The van der Waals surface area contributed by atoms with Gasteiger partial charge in [-0.15, -0.1) is 0 Å². The van der Waals surface area contributed by atoms with E-state index in [1.165, 1.54) is 6.07 Å². The Bertz CT molecular complexity index is 597. The molecular weight excluding hydrogens is 246 g/mol. The van der Waals surface area contributed by atoms with Crippen LogP contribution in [0.2, 0.25) is 0 Å². The van der Waals surface area contributed by atoms with Crippen LogP contribution in [0.4, 0.5) is 20.2 Å². The molecule has 2 rings (SSSR count). The smallest absolute Gasteiger partial charge is 0.184 e. The van der Waals surface area contributed by atoms with Crippen LogP contribution in [0.1, 0.15) is 11.1 Å². The predicted molar refractivity (Wildman–Crippen MR) is 74.1 cm³/mol. The van der Waals surface area contributed by atoms with E-state index in [1.54, 1.807) is 11.9 Å². The highest BCUT2D eigenvalue weighted by Gasteiger charge is 2.15. The molecule has 2 nitrogen and oxygen atoms in total. The number of benzene rings is 2. The molecule has 4 heteroatoms. The lowest BCUT2D eigenvalue weighted by atomic mass is 10.1. The Morgan fingerprint density at radius 3 is 2.58 bits per heavy atom. The van der Waals surface area contributed by atoms with Crippen LogP contribution < -0.4 is 10.6 Å². The van der Waals surface area contributed by atoms with Crippen molar-refractivity contribution in [3.05, 3.63) is 59.2 Å². The van der Waals surface area contributed by atoms with Crippen molar-refractivity contribution >= 4 is 11.4 Å². The maximum Gasteiger partial charge on any atom is 0.184 e. The number of hydrogen-bond donors (Lipinski definition) is 1. The second kappa shape index (κ2) is 5.26. The Kier molecular flexibility index (Phi) is 3.69. The van der Waals surface area contributed by atoms with Gasteiger partial charge in [0.2, 0.25) is 0 Å². The molecule has 0 aromatic heterocycles. The summed E-state index contributed by atoms with van der Waals surface area (Å²) in [4.78, 5) is 1.61. The van der Waals surface area contributed by atoms with Gasteiger partial charge in [-0.25, -0.2) is 8.78 Å². The molecule has 0 saturated carbocycles. The molecule has 0 radical (unpaired) electrons. The molecule has 0 bridgehead atoms. The second-order valence-corrected chi connectivity index (χ2v) is 4.64. The van der Waals surface area contributed by atoms with Crippen LogP contribution in [0.3, 0.4) is 0 Å². The van der Waals surface area contributed by atoms with E-state index in [4.69, 9.17) is 5.73 Å². The van der Waals surface area contributed by atoms with Crippen molar-refractivity contribution in [2.75, 3.05) is 17.7 Å². The van der Waals surface area contributed by atoms with Gasteiger partial charge < -0.3 is 10.6 Å². The van der Waals surface area contributed by atoms with Crippen molar-refractivity contribution < 1.29 is 8.78 Å². The Morgan fingerprint density at radius 2 is 1.89 bits per heavy atom. The molecular formula is C15H16F2N2. The number of anilines is 2.